The number of ether oxygens (including phenoxy) is 2. The Morgan fingerprint density at radius 2 is 2.15 bits per heavy atom. The van der Waals surface area contributed by atoms with Crippen LogP contribution in [0.15, 0.2) is 11.2 Å². The number of nitrogens with one attached hydrogen (secondary N) is 1. The van der Waals surface area contributed by atoms with Gasteiger partial charge in [-0.15, -0.1) is 0 Å². The van der Waals surface area contributed by atoms with Crippen molar-refractivity contribution in [2.75, 3.05) is 33.4 Å². The topological polar surface area (TPSA) is 102 Å². The first-order valence-corrected chi connectivity index (χ1v) is 7.62. The van der Waals surface area contributed by atoms with Crippen LogP contribution in [0.25, 0.3) is 0 Å². The Kier molecular flexibility index (Phi) is 6.11. The average Bonchev–Trinajstić information content (AvgIpc) is 2.89. The summed E-state index contributed by atoms with van der Waals surface area (Å²) in [6.07, 6.45) is 1.15. The van der Waals surface area contributed by atoms with E-state index in [0.29, 0.717) is 0 Å². The molecule has 0 fully saturated rings. The summed E-state index contributed by atoms with van der Waals surface area (Å²) in [7, 11) is -2.35. The van der Waals surface area contributed by atoms with Gasteiger partial charge in [0.1, 0.15) is 5.56 Å². The van der Waals surface area contributed by atoms with Crippen LogP contribution in [-0.4, -0.2) is 62.3 Å². The molecular weight excluding hydrogens is 286 g/mol. The highest BCUT2D eigenvalue weighted by Gasteiger charge is 2.30. The van der Waals surface area contributed by atoms with Gasteiger partial charge in [0.2, 0.25) is 0 Å². The second-order valence-electron chi connectivity index (χ2n) is 3.82. The summed E-state index contributed by atoms with van der Waals surface area (Å²) in [4.78, 5) is 11.7. The fourth-order valence-electron chi connectivity index (χ4n) is 1.60. The van der Waals surface area contributed by atoms with Gasteiger partial charge < -0.3 is 9.47 Å². The van der Waals surface area contributed by atoms with Gasteiger partial charge in [0.25, 0.3) is 10.0 Å². The molecule has 20 heavy (non-hydrogen) atoms. The molecule has 114 valence electrons. The number of carbonyl (C=O) groups is 1. The molecule has 0 unspecified atom stereocenters. The zero-order valence-corrected chi connectivity index (χ0v) is 12.6. The molecule has 1 heterocycles. The first-order valence-electron chi connectivity index (χ1n) is 6.18. The van der Waals surface area contributed by atoms with Crippen LogP contribution >= 0.6 is 0 Å². The number of hydrogen-bond donors (Lipinski definition) is 1. The van der Waals surface area contributed by atoms with Crippen molar-refractivity contribution in [2.45, 2.75) is 18.9 Å². The van der Waals surface area contributed by atoms with Crippen molar-refractivity contribution in [1.82, 2.24) is 14.5 Å². The van der Waals surface area contributed by atoms with Crippen molar-refractivity contribution in [1.29, 1.82) is 0 Å². The molecule has 0 bridgehead atoms. The maximum absolute atomic E-state index is 12.5. The van der Waals surface area contributed by atoms with Crippen molar-refractivity contribution in [3.05, 3.63) is 11.8 Å². The molecule has 0 saturated carbocycles. The van der Waals surface area contributed by atoms with Gasteiger partial charge in [0, 0.05) is 20.2 Å². The van der Waals surface area contributed by atoms with Crippen LogP contribution < -0.4 is 0 Å². The summed E-state index contributed by atoms with van der Waals surface area (Å²) in [6, 6.07) is 0. The Morgan fingerprint density at radius 3 is 2.70 bits per heavy atom. The van der Waals surface area contributed by atoms with Crippen molar-refractivity contribution in [2.24, 2.45) is 0 Å². The molecule has 0 aliphatic carbocycles. The Balaban J connectivity index is 3.09. The zero-order chi connectivity index (χ0) is 15.2. The Labute approximate surface area is 118 Å². The van der Waals surface area contributed by atoms with Gasteiger partial charge in [0.05, 0.1) is 19.4 Å². The van der Waals surface area contributed by atoms with Crippen LogP contribution in [0.4, 0.5) is 0 Å². The predicted molar refractivity (Wildman–Crippen MR) is 70.9 cm³/mol. The molecule has 1 aromatic heterocycles. The van der Waals surface area contributed by atoms with E-state index in [1.54, 1.807) is 13.8 Å². The third-order valence-corrected chi connectivity index (χ3v) is 4.54. The highest BCUT2D eigenvalue weighted by atomic mass is 32.2. The minimum absolute atomic E-state index is 0.0947. The lowest BCUT2D eigenvalue weighted by atomic mass is 10.4. The standard InChI is InChI=1S/C11H19N3O5S/c1-4-14(6-7-18-3)20(16,17)10-9(8-12-13-10)11(15)19-5-2/h8H,4-7H2,1-3H3,(H,12,13). The van der Waals surface area contributed by atoms with Crippen LogP contribution in [0.3, 0.4) is 0 Å². The van der Waals surface area contributed by atoms with E-state index in [2.05, 4.69) is 10.2 Å². The molecule has 9 heteroatoms. The third kappa shape index (κ3) is 3.56. The van der Waals surface area contributed by atoms with Crippen LogP contribution in [0.1, 0.15) is 24.2 Å². The van der Waals surface area contributed by atoms with Crippen molar-refractivity contribution in [3.8, 4) is 0 Å². The molecule has 0 radical (unpaired) electrons. The van der Waals surface area contributed by atoms with E-state index in [1.165, 1.54) is 11.4 Å². The van der Waals surface area contributed by atoms with Gasteiger partial charge in [-0.05, 0) is 6.92 Å². The van der Waals surface area contributed by atoms with E-state index in [0.717, 1.165) is 6.20 Å². The molecular formula is C11H19N3O5S. The van der Waals surface area contributed by atoms with E-state index in [1.807, 2.05) is 0 Å². The largest absolute Gasteiger partial charge is 0.462 e. The lowest BCUT2D eigenvalue weighted by Crippen LogP contribution is -2.34. The smallest absolute Gasteiger partial charge is 0.342 e. The highest BCUT2D eigenvalue weighted by Crippen LogP contribution is 2.18. The maximum Gasteiger partial charge on any atom is 0.342 e. The van der Waals surface area contributed by atoms with Crippen molar-refractivity contribution in [3.63, 3.8) is 0 Å². The van der Waals surface area contributed by atoms with Gasteiger partial charge in [-0.25, -0.2) is 13.2 Å². The van der Waals surface area contributed by atoms with Gasteiger partial charge in [-0.3, -0.25) is 5.10 Å². The summed E-state index contributed by atoms with van der Waals surface area (Å²) in [5, 5.41) is 5.73. The van der Waals surface area contributed by atoms with Crippen LogP contribution in [0.2, 0.25) is 0 Å². The number of aromatic amines is 1. The Hall–Kier alpha value is -1.45. The van der Waals surface area contributed by atoms with Gasteiger partial charge in [-0.2, -0.15) is 9.40 Å². The quantitative estimate of drug-likeness (QED) is 0.690. The Bertz CT molecular complexity index is 540. The number of nitrogens with zero attached hydrogens (tertiary/aromatic N) is 2. The second kappa shape index (κ2) is 7.36. The number of sulfonamides is 1. The maximum atomic E-state index is 12.5. The molecule has 0 aliphatic heterocycles. The van der Waals surface area contributed by atoms with Gasteiger partial charge >= 0.3 is 5.97 Å². The molecule has 0 spiro atoms. The lowest BCUT2D eigenvalue weighted by molar-refractivity contribution is 0.0521. The van der Waals surface area contributed by atoms with Crippen molar-refractivity contribution < 1.29 is 22.7 Å². The van der Waals surface area contributed by atoms with Crippen LogP contribution in [-0.2, 0) is 19.5 Å². The molecule has 8 nitrogen and oxygen atoms in total. The van der Waals surface area contributed by atoms with E-state index in [4.69, 9.17) is 9.47 Å². The molecule has 0 saturated heterocycles. The zero-order valence-electron chi connectivity index (χ0n) is 11.7. The normalized spacial score (nSPS) is 11.8. The molecule has 1 N–H and O–H groups in total. The summed E-state index contributed by atoms with van der Waals surface area (Å²) in [5.41, 5.74) is -0.0947. The third-order valence-electron chi connectivity index (χ3n) is 2.60. The number of likely N-dealkylation sites (N-methyl/N-ethyl adjacent to an activating group) is 1. The molecule has 0 amide bonds. The lowest BCUT2D eigenvalue weighted by Gasteiger charge is -2.19. The van der Waals surface area contributed by atoms with Gasteiger partial charge in [-0.1, -0.05) is 6.92 Å². The minimum atomic E-state index is -3.84. The number of rotatable bonds is 8. The number of esters is 1. The molecule has 0 atom stereocenters. The number of carbonyl (C=O) groups excluding carboxylic acids is 1. The Morgan fingerprint density at radius 1 is 1.45 bits per heavy atom. The van der Waals surface area contributed by atoms with E-state index >= 15 is 0 Å². The number of methoxy groups -OCH3 is 1. The SMILES string of the molecule is CCOC(=O)c1cn[nH]c1S(=O)(=O)N(CC)CCOC. The van der Waals surface area contributed by atoms with Crippen molar-refractivity contribution >= 4 is 16.0 Å². The first-order chi connectivity index (χ1) is 9.48. The second-order valence-corrected chi connectivity index (χ2v) is 5.70. The molecule has 0 aromatic carbocycles. The number of H-pyrrole nitrogens is 1. The van der Waals surface area contributed by atoms with Crippen LogP contribution in [0, 0.1) is 0 Å². The van der Waals surface area contributed by atoms with Gasteiger partial charge in [0.15, 0.2) is 5.03 Å². The molecule has 0 aliphatic rings. The summed E-state index contributed by atoms with van der Waals surface area (Å²) in [6.45, 7) is 4.21. The highest BCUT2D eigenvalue weighted by molar-refractivity contribution is 7.89. The summed E-state index contributed by atoms with van der Waals surface area (Å²) in [5.74, 6) is -0.720. The summed E-state index contributed by atoms with van der Waals surface area (Å²) < 4.78 is 35.8. The van der Waals surface area contributed by atoms with E-state index in [-0.39, 0.29) is 36.9 Å². The fourth-order valence-corrected chi connectivity index (χ4v) is 3.09. The average molecular weight is 305 g/mol. The molecule has 1 rings (SSSR count). The monoisotopic (exact) mass is 305 g/mol. The summed E-state index contributed by atoms with van der Waals surface area (Å²) >= 11 is 0. The predicted octanol–water partition coefficient (Wildman–Crippen LogP) is 0.243. The molecule has 1 aromatic rings. The van der Waals surface area contributed by atoms with E-state index < -0.39 is 16.0 Å². The van der Waals surface area contributed by atoms with E-state index in [9.17, 15) is 13.2 Å². The van der Waals surface area contributed by atoms with Crippen LogP contribution in [0.5, 0.6) is 0 Å². The number of hydrogen-bond acceptors (Lipinski definition) is 6. The number of aromatic nitrogens is 2. The fraction of sp³-hybridized carbons (Fsp3) is 0.636. The first kappa shape index (κ1) is 16.6. The minimum Gasteiger partial charge on any atom is -0.462 e.